The van der Waals surface area contributed by atoms with Crippen LogP contribution in [-0.4, -0.2) is 12.1 Å². The lowest BCUT2D eigenvalue weighted by atomic mass is 9.87. The zero-order valence-corrected chi connectivity index (χ0v) is 29.5. The fourth-order valence-corrected chi connectivity index (χ4v) is 5.98. The van der Waals surface area contributed by atoms with Crippen molar-refractivity contribution in [1.29, 1.82) is 0 Å². The molecule has 50 heavy (non-hydrogen) atoms. The number of amides is 4. The van der Waals surface area contributed by atoms with Gasteiger partial charge in [0, 0.05) is 22.7 Å². The summed E-state index contributed by atoms with van der Waals surface area (Å²) in [5.41, 5.74) is 9.66. The third-order valence-corrected chi connectivity index (χ3v) is 8.83. The Kier molecular flexibility index (Phi) is 9.47. The van der Waals surface area contributed by atoms with Crippen molar-refractivity contribution in [2.75, 3.05) is 21.3 Å². The molecule has 0 heterocycles. The van der Waals surface area contributed by atoms with E-state index in [1.165, 1.54) is 11.1 Å². The topological polar surface area (TPSA) is 82.3 Å². The lowest BCUT2D eigenvalue weighted by molar-refractivity contribution is 0.261. The first-order valence-corrected chi connectivity index (χ1v) is 16.9. The molecular weight excluding hydrogens is 617 g/mol. The monoisotopic (exact) mass is 660 g/mol. The molecule has 6 heteroatoms. The molecule has 6 aromatic carbocycles. The third-order valence-electron chi connectivity index (χ3n) is 8.83. The van der Waals surface area contributed by atoms with Crippen LogP contribution in [0.5, 0.6) is 0 Å². The van der Waals surface area contributed by atoms with E-state index >= 15 is 0 Å². The van der Waals surface area contributed by atoms with Gasteiger partial charge < -0.3 is 21.3 Å². The number of nitrogens with one attached hydrogen (secondary N) is 4. The van der Waals surface area contributed by atoms with E-state index in [2.05, 4.69) is 99.2 Å². The predicted molar refractivity (Wildman–Crippen MR) is 210 cm³/mol. The van der Waals surface area contributed by atoms with E-state index in [0.717, 1.165) is 44.4 Å². The average molecular weight is 661 g/mol. The van der Waals surface area contributed by atoms with E-state index in [4.69, 9.17) is 0 Å². The van der Waals surface area contributed by atoms with Gasteiger partial charge in [0.1, 0.15) is 0 Å². The largest absolute Gasteiger partial charge is 0.323 e. The molecule has 0 unspecified atom stereocenters. The number of anilines is 4. The fraction of sp³-hybridized carbons (Fsp3) is 0.182. The number of urea groups is 2. The van der Waals surface area contributed by atoms with E-state index in [9.17, 15) is 9.59 Å². The Balaban J connectivity index is 1.15. The van der Waals surface area contributed by atoms with Gasteiger partial charge in [-0.05, 0) is 104 Å². The van der Waals surface area contributed by atoms with Gasteiger partial charge in [-0.3, -0.25) is 0 Å². The lowest BCUT2D eigenvalue weighted by Crippen LogP contribution is -2.19. The van der Waals surface area contributed by atoms with Gasteiger partial charge in [0.25, 0.3) is 0 Å². The summed E-state index contributed by atoms with van der Waals surface area (Å²) in [6.45, 7) is 13.0. The summed E-state index contributed by atoms with van der Waals surface area (Å²) in [6, 6.07) is 43.7. The molecule has 6 rings (SSSR count). The molecule has 0 saturated carbocycles. The van der Waals surface area contributed by atoms with Crippen molar-refractivity contribution in [3.8, 4) is 22.3 Å². The van der Waals surface area contributed by atoms with Crippen LogP contribution in [0.25, 0.3) is 33.0 Å². The Hall–Kier alpha value is -5.88. The zero-order valence-electron chi connectivity index (χ0n) is 29.5. The maximum Gasteiger partial charge on any atom is 0.323 e. The molecule has 4 amide bonds. The molecule has 0 atom stereocenters. The summed E-state index contributed by atoms with van der Waals surface area (Å²) in [5.74, 6) is 0. The summed E-state index contributed by atoms with van der Waals surface area (Å²) in [4.78, 5) is 25.5. The Morgan fingerprint density at radius 1 is 0.400 bits per heavy atom. The molecule has 0 saturated heterocycles. The second-order valence-corrected chi connectivity index (χ2v) is 14.7. The molecule has 0 aliphatic heterocycles. The number of fused-ring (bicyclic) bond motifs is 1. The average Bonchev–Trinajstić information content (AvgIpc) is 3.08. The van der Waals surface area contributed by atoms with Crippen molar-refractivity contribution in [3.63, 3.8) is 0 Å². The van der Waals surface area contributed by atoms with Gasteiger partial charge in [-0.2, -0.15) is 0 Å². The Bertz CT molecular complexity index is 1970. The van der Waals surface area contributed by atoms with Crippen LogP contribution in [0.4, 0.5) is 32.3 Å². The van der Waals surface area contributed by atoms with Crippen LogP contribution in [-0.2, 0) is 10.8 Å². The summed E-state index contributed by atoms with van der Waals surface area (Å²) in [6.07, 6.45) is 0. The second kappa shape index (κ2) is 13.9. The molecule has 0 fully saturated rings. The zero-order chi connectivity index (χ0) is 35.5. The van der Waals surface area contributed by atoms with Crippen molar-refractivity contribution in [2.24, 2.45) is 0 Å². The van der Waals surface area contributed by atoms with Gasteiger partial charge in [-0.15, -0.1) is 0 Å². The molecule has 0 aliphatic carbocycles. The third kappa shape index (κ3) is 8.04. The number of hydrogen-bond donors (Lipinski definition) is 4. The van der Waals surface area contributed by atoms with Crippen LogP contribution >= 0.6 is 0 Å². The summed E-state index contributed by atoms with van der Waals surface area (Å²) in [7, 11) is 0. The first-order valence-electron chi connectivity index (χ1n) is 16.9. The molecule has 0 aromatic heterocycles. The van der Waals surface area contributed by atoms with Gasteiger partial charge in [-0.1, -0.05) is 126 Å². The van der Waals surface area contributed by atoms with E-state index in [1.807, 2.05) is 97.1 Å². The van der Waals surface area contributed by atoms with Crippen LogP contribution in [0, 0.1) is 0 Å². The minimum absolute atomic E-state index is 0.0510. The summed E-state index contributed by atoms with van der Waals surface area (Å²) >= 11 is 0. The van der Waals surface area contributed by atoms with Gasteiger partial charge >= 0.3 is 12.1 Å². The van der Waals surface area contributed by atoms with Crippen molar-refractivity contribution in [2.45, 2.75) is 52.4 Å². The van der Waals surface area contributed by atoms with Crippen molar-refractivity contribution in [1.82, 2.24) is 0 Å². The van der Waals surface area contributed by atoms with Crippen molar-refractivity contribution < 1.29 is 9.59 Å². The standard InChI is InChI=1S/C44H44N4O2/c1-43(2,3)32-17-25-36(26-18-32)47-41(49)45-34-21-13-29(14-22-34)38-11-7-9-31-10-8-12-39(40(31)38)30-15-23-35(24-16-30)46-42(50)48-37-27-19-33(20-28-37)44(4,5)6/h7-28H,1-6H3,(H2,45,47,49)(H2,46,48,50). The summed E-state index contributed by atoms with van der Waals surface area (Å²) in [5, 5.41) is 14.0. The van der Waals surface area contributed by atoms with E-state index in [1.54, 1.807) is 0 Å². The first kappa shape index (κ1) is 34.0. The molecule has 6 nitrogen and oxygen atoms in total. The highest BCUT2D eigenvalue weighted by atomic mass is 16.2. The van der Waals surface area contributed by atoms with Crippen LogP contribution in [0.3, 0.4) is 0 Å². The molecule has 252 valence electrons. The molecule has 0 aliphatic rings. The Morgan fingerprint density at radius 3 is 1.00 bits per heavy atom. The highest BCUT2D eigenvalue weighted by Crippen LogP contribution is 2.37. The van der Waals surface area contributed by atoms with Gasteiger partial charge in [-0.25, -0.2) is 9.59 Å². The maximum atomic E-state index is 12.8. The highest BCUT2D eigenvalue weighted by molar-refractivity contribution is 6.07. The van der Waals surface area contributed by atoms with Gasteiger partial charge in [0.15, 0.2) is 0 Å². The van der Waals surface area contributed by atoms with Crippen molar-refractivity contribution >= 4 is 45.6 Å². The van der Waals surface area contributed by atoms with E-state index < -0.39 is 0 Å². The van der Waals surface area contributed by atoms with E-state index in [0.29, 0.717) is 11.4 Å². The van der Waals surface area contributed by atoms with Crippen molar-refractivity contribution in [3.05, 3.63) is 145 Å². The SMILES string of the molecule is CC(C)(C)c1ccc(NC(=O)Nc2ccc(-c3cccc4cccc(-c5ccc(NC(=O)Nc6ccc(C(C)(C)C)cc6)cc5)c34)cc2)cc1. The molecule has 4 N–H and O–H groups in total. The minimum Gasteiger partial charge on any atom is -0.308 e. The van der Waals surface area contributed by atoms with Crippen LogP contribution in [0.15, 0.2) is 133 Å². The minimum atomic E-state index is -0.293. The van der Waals surface area contributed by atoms with Crippen LogP contribution in [0.2, 0.25) is 0 Å². The highest BCUT2D eigenvalue weighted by Gasteiger charge is 2.15. The van der Waals surface area contributed by atoms with Crippen LogP contribution in [0.1, 0.15) is 52.7 Å². The summed E-state index contributed by atoms with van der Waals surface area (Å²) < 4.78 is 0. The maximum absolute atomic E-state index is 12.8. The fourth-order valence-electron chi connectivity index (χ4n) is 5.98. The molecule has 0 spiro atoms. The number of carbonyl (C=O) groups is 2. The van der Waals surface area contributed by atoms with Crippen LogP contribution < -0.4 is 21.3 Å². The predicted octanol–water partition coefficient (Wildman–Crippen LogP) is 12.1. The normalized spacial score (nSPS) is 11.6. The molecular formula is C44H44N4O2. The Morgan fingerprint density at radius 2 is 0.700 bits per heavy atom. The Labute approximate surface area is 295 Å². The molecule has 0 bridgehead atoms. The van der Waals surface area contributed by atoms with Gasteiger partial charge in [0.05, 0.1) is 0 Å². The lowest BCUT2D eigenvalue weighted by Gasteiger charge is -2.19. The van der Waals surface area contributed by atoms with E-state index in [-0.39, 0.29) is 22.9 Å². The number of hydrogen-bond acceptors (Lipinski definition) is 2. The second-order valence-electron chi connectivity index (χ2n) is 14.7. The number of rotatable bonds is 6. The quantitative estimate of drug-likeness (QED) is 0.143. The molecule has 6 aromatic rings. The number of benzene rings is 6. The number of carbonyl (C=O) groups excluding carboxylic acids is 2. The first-order chi connectivity index (χ1) is 23.8. The smallest absolute Gasteiger partial charge is 0.308 e. The molecule has 0 radical (unpaired) electrons. The van der Waals surface area contributed by atoms with Gasteiger partial charge in [0.2, 0.25) is 0 Å².